The lowest BCUT2D eigenvalue weighted by Crippen LogP contribution is -2.31. The third kappa shape index (κ3) is 42.7. The number of hydrogen-bond acceptors (Lipinski definition) is 7. The highest BCUT2D eigenvalue weighted by molar-refractivity contribution is 5.75. The van der Waals surface area contributed by atoms with Crippen molar-refractivity contribution < 1.29 is 44.7 Å². The van der Waals surface area contributed by atoms with Crippen LogP contribution in [0.25, 0.3) is 0 Å². The van der Waals surface area contributed by atoms with Crippen molar-refractivity contribution in [1.82, 2.24) is 0 Å². The van der Waals surface area contributed by atoms with Crippen molar-refractivity contribution in [2.75, 3.05) is 13.7 Å². The summed E-state index contributed by atoms with van der Waals surface area (Å²) in [7, 11) is 1.00. The van der Waals surface area contributed by atoms with E-state index in [1.54, 1.807) is 0 Å². The van der Waals surface area contributed by atoms with E-state index in [9.17, 15) is 19.2 Å². The van der Waals surface area contributed by atoms with Crippen LogP contribution in [0.4, 0.5) is 0 Å². The molecule has 0 aliphatic heterocycles. The molecule has 0 aliphatic carbocycles. The summed E-state index contributed by atoms with van der Waals surface area (Å²) in [4.78, 5) is 38.6. The second kappa shape index (κ2) is 20.8. The van der Waals surface area contributed by atoms with Gasteiger partial charge in [0.1, 0.15) is 6.04 Å². The number of carbonyl (C=O) groups is 4. The van der Waals surface area contributed by atoms with E-state index in [0.29, 0.717) is 12.3 Å². The highest BCUT2D eigenvalue weighted by Crippen LogP contribution is 2.01. The topological polar surface area (TPSA) is 221 Å². The fourth-order valence-electron chi connectivity index (χ4n) is 0.823. The van der Waals surface area contributed by atoms with Crippen molar-refractivity contribution in [2.24, 2.45) is 17.4 Å². The van der Waals surface area contributed by atoms with E-state index in [2.05, 4.69) is 5.73 Å². The lowest BCUT2D eigenvalue weighted by molar-refractivity contribution is -0.143. The summed E-state index contributed by atoms with van der Waals surface area (Å²) >= 11 is 0. The highest BCUT2D eigenvalue weighted by atomic mass is 16.4. The summed E-state index contributed by atoms with van der Waals surface area (Å²) in [5.41, 5.74) is 9.79. The molecule has 0 rings (SSSR count). The van der Waals surface area contributed by atoms with Gasteiger partial charge in [0.25, 0.3) is 0 Å². The Balaban J connectivity index is -0.000000123. The Morgan fingerprint density at radius 2 is 1.12 bits per heavy atom. The largest absolute Gasteiger partial charge is 0.481 e. The van der Waals surface area contributed by atoms with Crippen LogP contribution in [-0.2, 0) is 19.2 Å². The molecule has 0 radical (unpaired) electrons. The number of aliphatic hydroxyl groups is 1. The molecule has 0 bridgehead atoms. The van der Waals surface area contributed by atoms with Crippen LogP contribution in [0.2, 0.25) is 0 Å². The van der Waals surface area contributed by atoms with Crippen LogP contribution < -0.4 is 11.5 Å². The first-order chi connectivity index (χ1) is 10.9. The second-order valence-corrected chi connectivity index (χ2v) is 4.46. The number of aliphatic carboxylic acids is 4. The highest BCUT2D eigenvalue weighted by Gasteiger charge is 2.11. The smallest absolute Gasteiger partial charge is 0.320 e. The van der Waals surface area contributed by atoms with Gasteiger partial charge in [-0.05, 0) is 12.3 Å². The molecular weight excluding hydrogens is 328 g/mol. The zero-order valence-corrected chi connectivity index (χ0v) is 14.0. The first kappa shape index (κ1) is 29.7. The fraction of sp³-hybridized carbons (Fsp3) is 0.692. The van der Waals surface area contributed by atoms with Gasteiger partial charge >= 0.3 is 23.9 Å². The zero-order valence-electron chi connectivity index (χ0n) is 14.0. The van der Waals surface area contributed by atoms with Crippen LogP contribution >= 0.6 is 0 Å². The lowest BCUT2D eigenvalue weighted by Gasteiger charge is -2.07. The standard InChI is InChI=1S/C6H13NO2.C4H6O4.C2H5NO2.CH4O/c1-4(2)3-5(7)6(8)9;5-3(6)1-2-4(7)8;3-1-2(4)5;1-2/h4-5H,3,7H2,1-2H3,(H,8,9);1-2H2,(H,5,6)(H,7,8);1,3H2,(H,4,5);2H,1H3/t5-;;;/m0.../s1. The van der Waals surface area contributed by atoms with E-state index in [0.717, 1.165) is 7.11 Å². The summed E-state index contributed by atoms with van der Waals surface area (Å²) in [6.07, 6.45) is -0.0417. The fourth-order valence-corrected chi connectivity index (χ4v) is 0.823. The molecule has 1 atom stereocenters. The predicted molar refractivity (Wildman–Crippen MR) is 84.4 cm³/mol. The molecule has 0 fully saturated rings. The zero-order chi connectivity index (χ0) is 20.3. The summed E-state index contributed by atoms with van der Waals surface area (Å²) in [6, 6.07) is -0.690. The summed E-state index contributed by atoms with van der Waals surface area (Å²) in [5, 5.41) is 38.7. The molecule has 0 saturated heterocycles. The number of aliphatic hydroxyl groups excluding tert-OH is 1. The minimum absolute atomic E-state index is 0.278. The van der Waals surface area contributed by atoms with E-state index in [-0.39, 0.29) is 19.4 Å². The Bertz CT molecular complexity index is 345. The number of carboxylic acids is 4. The first-order valence-electron chi connectivity index (χ1n) is 6.72. The van der Waals surface area contributed by atoms with Crippen LogP contribution in [0.1, 0.15) is 33.1 Å². The third-order valence-electron chi connectivity index (χ3n) is 1.77. The van der Waals surface area contributed by atoms with E-state index in [1.807, 2.05) is 13.8 Å². The van der Waals surface area contributed by atoms with Gasteiger partial charge in [-0.25, -0.2) is 0 Å². The van der Waals surface area contributed by atoms with E-state index in [4.69, 9.17) is 31.3 Å². The molecule has 0 saturated carbocycles. The molecule has 144 valence electrons. The second-order valence-electron chi connectivity index (χ2n) is 4.46. The normalized spacial score (nSPS) is 9.79. The Labute approximate surface area is 139 Å². The Kier molecular flexibility index (Phi) is 25.7. The van der Waals surface area contributed by atoms with Crippen LogP contribution in [0, 0.1) is 5.92 Å². The number of nitrogens with two attached hydrogens (primary N) is 2. The minimum atomic E-state index is -1.08. The third-order valence-corrected chi connectivity index (χ3v) is 1.77. The molecule has 0 aliphatic rings. The van der Waals surface area contributed by atoms with Gasteiger partial charge in [0.05, 0.1) is 19.4 Å². The van der Waals surface area contributed by atoms with E-state index < -0.39 is 29.9 Å². The van der Waals surface area contributed by atoms with Crippen molar-refractivity contribution in [1.29, 1.82) is 0 Å². The van der Waals surface area contributed by atoms with Gasteiger partial charge in [-0.3, -0.25) is 19.2 Å². The average Bonchev–Trinajstić information content (AvgIpc) is 2.47. The molecule has 11 heteroatoms. The number of rotatable bonds is 7. The number of carboxylic acid groups (broad SMARTS) is 4. The van der Waals surface area contributed by atoms with Gasteiger partial charge in [0.2, 0.25) is 0 Å². The van der Waals surface area contributed by atoms with Crippen LogP contribution in [0.3, 0.4) is 0 Å². The lowest BCUT2D eigenvalue weighted by atomic mass is 10.1. The van der Waals surface area contributed by atoms with E-state index in [1.165, 1.54) is 0 Å². The summed E-state index contributed by atoms with van der Waals surface area (Å²) < 4.78 is 0. The molecule has 9 N–H and O–H groups in total. The Morgan fingerprint density at radius 1 is 0.833 bits per heavy atom. The van der Waals surface area contributed by atoms with Crippen molar-refractivity contribution in [3.05, 3.63) is 0 Å². The first-order valence-corrected chi connectivity index (χ1v) is 6.72. The van der Waals surface area contributed by atoms with Gasteiger partial charge in [-0.15, -0.1) is 0 Å². The van der Waals surface area contributed by atoms with Crippen molar-refractivity contribution >= 4 is 23.9 Å². The minimum Gasteiger partial charge on any atom is -0.481 e. The molecule has 0 amide bonds. The quantitative estimate of drug-likeness (QED) is 0.293. The average molecular weight is 356 g/mol. The van der Waals surface area contributed by atoms with Gasteiger partial charge in [0, 0.05) is 7.11 Å². The maximum Gasteiger partial charge on any atom is 0.320 e. The van der Waals surface area contributed by atoms with Crippen LogP contribution in [-0.4, -0.2) is 69.1 Å². The van der Waals surface area contributed by atoms with Crippen molar-refractivity contribution in [2.45, 2.75) is 39.2 Å². The monoisotopic (exact) mass is 356 g/mol. The van der Waals surface area contributed by atoms with Gasteiger partial charge in [-0.1, -0.05) is 13.8 Å². The van der Waals surface area contributed by atoms with E-state index >= 15 is 0 Å². The molecule has 0 unspecified atom stereocenters. The molecule has 24 heavy (non-hydrogen) atoms. The maximum absolute atomic E-state index is 10.1. The SMILES string of the molecule is CC(C)C[C@H](N)C(=O)O.CO.NCC(=O)O.O=C(O)CCC(=O)O. The maximum atomic E-state index is 10.1. The van der Waals surface area contributed by atoms with Crippen LogP contribution in [0.15, 0.2) is 0 Å². The number of hydrogen-bond donors (Lipinski definition) is 7. The molecule has 0 spiro atoms. The van der Waals surface area contributed by atoms with Gasteiger partial charge < -0.3 is 37.0 Å². The van der Waals surface area contributed by atoms with Gasteiger partial charge in [-0.2, -0.15) is 0 Å². The molecule has 0 aromatic carbocycles. The molecular formula is C13H28N2O9. The van der Waals surface area contributed by atoms with Gasteiger partial charge in [0.15, 0.2) is 0 Å². The molecule has 0 heterocycles. The Morgan fingerprint density at radius 3 is 1.21 bits per heavy atom. The molecule has 0 aromatic rings. The van der Waals surface area contributed by atoms with Crippen molar-refractivity contribution in [3.8, 4) is 0 Å². The van der Waals surface area contributed by atoms with Crippen molar-refractivity contribution in [3.63, 3.8) is 0 Å². The summed E-state index contributed by atoms with van der Waals surface area (Å²) in [6.45, 7) is 3.62. The van der Waals surface area contributed by atoms with Crippen LogP contribution in [0.5, 0.6) is 0 Å². The summed E-state index contributed by atoms with van der Waals surface area (Å²) in [5.74, 6) is -3.68. The predicted octanol–water partition coefficient (Wildman–Crippen LogP) is -0.982. The Hall–Kier alpha value is -2.24. The molecule has 0 aromatic heterocycles. The molecule has 11 nitrogen and oxygen atoms in total.